The molecule has 6 nitrogen and oxygen atoms in total. The minimum Gasteiger partial charge on any atom is -0.466 e. The largest absolute Gasteiger partial charge is 0.466 e. The molecule has 1 aromatic rings. The second-order valence-corrected chi connectivity index (χ2v) is 7.32. The quantitative estimate of drug-likeness (QED) is 0.581. The third-order valence-electron chi connectivity index (χ3n) is 4.26. The van der Waals surface area contributed by atoms with Crippen LogP contribution in [0, 0.1) is 5.92 Å². The highest BCUT2D eigenvalue weighted by atomic mass is 32.2. The molecule has 1 aliphatic heterocycles. The fourth-order valence-corrected chi connectivity index (χ4v) is 3.87. The van der Waals surface area contributed by atoms with Crippen LogP contribution in [0.2, 0.25) is 0 Å². The number of nitrogens with zero attached hydrogens (tertiary/aromatic N) is 1. The molecule has 1 heterocycles. The molecule has 2 amide bonds. The normalized spacial score (nSPS) is 16.0. The molecule has 0 bridgehead atoms. The van der Waals surface area contributed by atoms with Gasteiger partial charge in [0.05, 0.1) is 12.5 Å². The number of rotatable bonds is 7. The number of carbonyl (C=O) groups excluding carboxylic acids is 3. The summed E-state index contributed by atoms with van der Waals surface area (Å²) in [6.45, 7) is 4.60. The Labute approximate surface area is 158 Å². The maximum atomic E-state index is 12.8. The molecule has 142 valence electrons. The van der Waals surface area contributed by atoms with E-state index in [9.17, 15) is 14.4 Å². The van der Waals surface area contributed by atoms with Crippen LogP contribution >= 0.6 is 11.8 Å². The Hall–Kier alpha value is -2.02. The monoisotopic (exact) mass is 378 g/mol. The molecular weight excluding hydrogens is 352 g/mol. The van der Waals surface area contributed by atoms with Gasteiger partial charge in [-0.2, -0.15) is 0 Å². The predicted molar refractivity (Wildman–Crippen MR) is 101 cm³/mol. The van der Waals surface area contributed by atoms with Crippen molar-refractivity contribution in [1.82, 2.24) is 10.2 Å². The molecule has 1 fully saturated rings. The first kappa shape index (κ1) is 20.3. The van der Waals surface area contributed by atoms with Crippen LogP contribution in [0.25, 0.3) is 0 Å². The first-order valence-corrected chi connectivity index (χ1v) is 9.90. The summed E-state index contributed by atoms with van der Waals surface area (Å²) in [5, 5.41) is 2.76. The fourth-order valence-electron chi connectivity index (χ4n) is 2.93. The van der Waals surface area contributed by atoms with Crippen molar-refractivity contribution in [3.8, 4) is 0 Å². The van der Waals surface area contributed by atoms with Gasteiger partial charge in [0.1, 0.15) is 6.04 Å². The van der Waals surface area contributed by atoms with E-state index in [0.29, 0.717) is 38.3 Å². The molecule has 0 spiro atoms. The maximum absolute atomic E-state index is 12.8. The zero-order valence-electron chi connectivity index (χ0n) is 15.3. The van der Waals surface area contributed by atoms with E-state index in [1.54, 1.807) is 11.8 Å². The van der Waals surface area contributed by atoms with Crippen LogP contribution in [0.4, 0.5) is 0 Å². The van der Waals surface area contributed by atoms with Crippen LogP contribution in [0.1, 0.15) is 26.7 Å². The standard InChI is InChI=1S/C19H26N2O4S/c1-3-25-19(24)15-9-11-21(12-10-15)18(23)17(20-14(2)22)13-26-16-7-5-4-6-8-16/h4-8,15,17H,3,9-13H2,1-2H3,(H,20,22). The predicted octanol–water partition coefficient (Wildman–Crippen LogP) is 2.09. The summed E-state index contributed by atoms with van der Waals surface area (Å²) in [5.74, 6) is -0.167. The summed E-state index contributed by atoms with van der Waals surface area (Å²) < 4.78 is 5.06. The van der Waals surface area contributed by atoms with Crippen molar-refractivity contribution in [2.24, 2.45) is 5.92 Å². The topological polar surface area (TPSA) is 75.7 Å². The van der Waals surface area contributed by atoms with Crippen LogP contribution in [0.3, 0.4) is 0 Å². The van der Waals surface area contributed by atoms with E-state index in [0.717, 1.165) is 4.90 Å². The van der Waals surface area contributed by atoms with Gasteiger partial charge in [0.2, 0.25) is 11.8 Å². The number of carbonyl (C=O) groups is 3. The van der Waals surface area contributed by atoms with Gasteiger partial charge >= 0.3 is 5.97 Å². The summed E-state index contributed by atoms with van der Waals surface area (Å²) in [7, 11) is 0. The van der Waals surface area contributed by atoms with E-state index >= 15 is 0 Å². The summed E-state index contributed by atoms with van der Waals surface area (Å²) in [6, 6.07) is 9.20. The number of benzene rings is 1. The Bertz CT molecular complexity index is 615. The summed E-state index contributed by atoms with van der Waals surface area (Å²) in [5.41, 5.74) is 0. The molecule has 1 aromatic carbocycles. The van der Waals surface area contributed by atoms with E-state index in [1.165, 1.54) is 18.7 Å². The number of thioether (sulfide) groups is 1. The van der Waals surface area contributed by atoms with Crippen molar-refractivity contribution in [2.75, 3.05) is 25.4 Å². The van der Waals surface area contributed by atoms with Crippen LogP contribution < -0.4 is 5.32 Å². The number of hydrogen-bond acceptors (Lipinski definition) is 5. The third-order valence-corrected chi connectivity index (χ3v) is 5.37. The first-order chi connectivity index (χ1) is 12.5. The number of esters is 1. The molecule has 2 rings (SSSR count). The lowest BCUT2D eigenvalue weighted by atomic mass is 9.96. The van der Waals surface area contributed by atoms with Gasteiger partial charge in [-0.05, 0) is 31.9 Å². The summed E-state index contributed by atoms with van der Waals surface area (Å²) in [6.07, 6.45) is 1.20. The van der Waals surface area contributed by atoms with Crippen molar-refractivity contribution >= 4 is 29.5 Å². The van der Waals surface area contributed by atoms with Gasteiger partial charge in [0.25, 0.3) is 0 Å². The second-order valence-electron chi connectivity index (χ2n) is 6.23. The van der Waals surface area contributed by atoms with Crippen molar-refractivity contribution in [1.29, 1.82) is 0 Å². The average Bonchev–Trinajstić information content (AvgIpc) is 2.65. The minimum atomic E-state index is -0.572. The van der Waals surface area contributed by atoms with E-state index in [-0.39, 0.29) is 23.7 Å². The fraction of sp³-hybridized carbons (Fsp3) is 0.526. The van der Waals surface area contributed by atoms with E-state index < -0.39 is 6.04 Å². The highest BCUT2D eigenvalue weighted by molar-refractivity contribution is 7.99. The van der Waals surface area contributed by atoms with E-state index in [4.69, 9.17) is 4.74 Å². The number of piperidine rings is 1. The lowest BCUT2D eigenvalue weighted by Crippen LogP contribution is -2.52. The van der Waals surface area contributed by atoms with Crippen molar-refractivity contribution < 1.29 is 19.1 Å². The molecule has 0 saturated carbocycles. The van der Waals surface area contributed by atoms with Crippen molar-refractivity contribution in [3.05, 3.63) is 30.3 Å². The molecule has 1 atom stereocenters. The maximum Gasteiger partial charge on any atom is 0.309 e. The van der Waals surface area contributed by atoms with Gasteiger partial charge in [0.15, 0.2) is 0 Å². The molecule has 26 heavy (non-hydrogen) atoms. The van der Waals surface area contributed by atoms with Crippen molar-refractivity contribution in [2.45, 2.75) is 37.6 Å². The Morgan fingerprint density at radius 1 is 1.23 bits per heavy atom. The molecule has 0 aromatic heterocycles. The Kier molecular flexibility index (Phi) is 7.97. The average molecular weight is 378 g/mol. The Morgan fingerprint density at radius 2 is 1.88 bits per heavy atom. The van der Waals surface area contributed by atoms with Crippen LogP contribution in [-0.4, -0.2) is 54.2 Å². The number of nitrogens with one attached hydrogen (secondary N) is 1. The zero-order chi connectivity index (χ0) is 18.9. The van der Waals surface area contributed by atoms with Crippen molar-refractivity contribution in [3.63, 3.8) is 0 Å². The molecule has 7 heteroatoms. The molecule has 0 aliphatic carbocycles. The first-order valence-electron chi connectivity index (χ1n) is 8.91. The van der Waals surface area contributed by atoms with Gasteiger partial charge < -0.3 is 15.0 Å². The highest BCUT2D eigenvalue weighted by Gasteiger charge is 2.31. The highest BCUT2D eigenvalue weighted by Crippen LogP contribution is 2.22. The Balaban J connectivity index is 1.92. The summed E-state index contributed by atoms with van der Waals surface area (Å²) >= 11 is 1.54. The van der Waals surface area contributed by atoms with Gasteiger partial charge in [-0.1, -0.05) is 18.2 Å². The molecule has 1 saturated heterocycles. The molecular formula is C19H26N2O4S. The summed E-state index contributed by atoms with van der Waals surface area (Å²) in [4.78, 5) is 39.0. The van der Waals surface area contributed by atoms with Crippen LogP contribution in [0.5, 0.6) is 0 Å². The van der Waals surface area contributed by atoms with Gasteiger partial charge in [-0.3, -0.25) is 14.4 Å². The molecule has 1 unspecified atom stereocenters. The second kappa shape index (κ2) is 10.2. The SMILES string of the molecule is CCOC(=O)C1CCN(C(=O)C(CSc2ccccc2)NC(C)=O)CC1. The number of ether oxygens (including phenoxy) is 1. The molecule has 0 radical (unpaired) electrons. The van der Waals surface area contributed by atoms with E-state index in [2.05, 4.69) is 5.32 Å². The number of amides is 2. The lowest BCUT2D eigenvalue weighted by Gasteiger charge is -2.33. The molecule has 1 aliphatic rings. The minimum absolute atomic E-state index is 0.0917. The van der Waals surface area contributed by atoms with Gasteiger partial charge in [-0.15, -0.1) is 11.8 Å². The lowest BCUT2D eigenvalue weighted by molar-refractivity contribution is -0.151. The van der Waals surface area contributed by atoms with Gasteiger partial charge in [-0.25, -0.2) is 0 Å². The van der Waals surface area contributed by atoms with Crippen LogP contribution in [0.15, 0.2) is 35.2 Å². The molecule has 1 N–H and O–H groups in total. The zero-order valence-corrected chi connectivity index (χ0v) is 16.1. The van der Waals surface area contributed by atoms with E-state index in [1.807, 2.05) is 30.3 Å². The third kappa shape index (κ3) is 6.05. The number of hydrogen-bond donors (Lipinski definition) is 1. The number of likely N-dealkylation sites (tertiary alicyclic amines) is 1. The smallest absolute Gasteiger partial charge is 0.309 e. The van der Waals surface area contributed by atoms with Gasteiger partial charge in [0, 0.05) is 30.7 Å². The van der Waals surface area contributed by atoms with Crippen LogP contribution in [-0.2, 0) is 19.1 Å². The Morgan fingerprint density at radius 3 is 2.46 bits per heavy atom.